The molecule has 2 heterocycles. The number of amidine groups is 1. The number of benzene rings is 1. The number of carbonyl (C=O) groups excluding carboxylic acids is 1. The minimum absolute atomic E-state index is 0.310. The van der Waals surface area contributed by atoms with Gasteiger partial charge in [-0.25, -0.2) is 14.7 Å². The zero-order valence-electron chi connectivity index (χ0n) is 13.4. The summed E-state index contributed by atoms with van der Waals surface area (Å²) in [6.07, 6.45) is 1.69. The lowest BCUT2D eigenvalue weighted by Gasteiger charge is -2.22. The van der Waals surface area contributed by atoms with E-state index in [1.807, 2.05) is 19.1 Å². The van der Waals surface area contributed by atoms with Crippen molar-refractivity contribution < 1.29 is 4.79 Å². The lowest BCUT2D eigenvalue weighted by molar-refractivity contribution is 0.259. The van der Waals surface area contributed by atoms with Crippen molar-refractivity contribution >= 4 is 46.1 Å². The molecular weight excluding hydrogens is 344 g/mol. The first-order chi connectivity index (χ1) is 11.5. The molecule has 0 fully saturated rings. The third-order valence-electron chi connectivity index (χ3n) is 3.39. The highest BCUT2D eigenvalue weighted by Gasteiger charge is 2.28. The number of hydrogen-bond acceptors (Lipinski definition) is 4. The molecule has 24 heavy (non-hydrogen) atoms. The molecule has 2 aromatic rings. The fraction of sp³-hybridized carbons (Fsp3) is 0.235. The average Bonchev–Trinajstić information content (AvgIpc) is 2.93. The van der Waals surface area contributed by atoms with Crippen LogP contribution < -0.4 is 10.2 Å². The zero-order valence-corrected chi connectivity index (χ0v) is 14.9. The summed E-state index contributed by atoms with van der Waals surface area (Å²) in [6, 6.07) is 10.5. The van der Waals surface area contributed by atoms with Crippen molar-refractivity contribution in [1.29, 1.82) is 0 Å². The number of anilines is 2. The summed E-state index contributed by atoms with van der Waals surface area (Å²) < 4.78 is 0. The molecule has 1 aromatic heterocycles. The first kappa shape index (κ1) is 16.8. The molecule has 1 aromatic carbocycles. The molecule has 124 valence electrons. The number of nitrogens with one attached hydrogen (secondary N) is 1. The van der Waals surface area contributed by atoms with E-state index in [0.717, 1.165) is 5.56 Å². The van der Waals surface area contributed by atoms with Crippen LogP contribution in [0.5, 0.6) is 0 Å². The number of amides is 2. The number of aliphatic imine (C=N–C) groups is 1. The van der Waals surface area contributed by atoms with Gasteiger partial charge >= 0.3 is 6.03 Å². The molecule has 3 rings (SSSR count). The molecule has 0 radical (unpaired) electrons. The van der Waals surface area contributed by atoms with Gasteiger partial charge in [0.2, 0.25) is 0 Å². The number of aryl methyl sites for hydroxylation is 1. The van der Waals surface area contributed by atoms with Gasteiger partial charge < -0.3 is 5.32 Å². The van der Waals surface area contributed by atoms with Crippen LogP contribution in [0.15, 0.2) is 47.6 Å². The van der Waals surface area contributed by atoms with E-state index in [0.29, 0.717) is 33.5 Å². The van der Waals surface area contributed by atoms with Crippen molar-refractivity contribution in [3.63, 3.8) is 0 Å². The lowest BCUT2D eigenvalue weighted by atomic mass is 10.3. The van der Waals surface area contributed by atoms with E-state index in [1.54, 1.807) is 42.2 Å². The standard InChI is InChI=1S/C17H17ClN4OS/c1-11-6-7-19-15(8-11)22(17-20-10-12(2)24-17)16(23)21-14-5-3-4-13(18)9-14/h3-9,12H,10H2,1-2H3,(H,21,23)/t12-/m1/s1. The van der Waals surface area contributed by atoms with Gasteiger partial charge in [0, 0.05) is 22.2 Å². The molecule has 7 heteroatoms. The number of urea groups is 1. The van der Waals surface area contributed by atoms with Crippen LogP contribution in [0.25, 0.3) is 0 Å². The van der Waals surface area contributed by atoms with Gasteiger partial charge in [0.05, 0.1) is 6.54 Å². The van der Waals surface area contributed by atoms with E-state index in [9.17, 15) is 4.79 Å². The summed E-state index contributed by atoms with van der Waals surface area (Å²) in [5.74, 6) is 0.551. The Kier molecular flexibility index (Phi) is 5.06. The second kappa shape index (κ2) is 7.23. The predicted octanol–water partition coefficient (Wildman–Crippen LogP) is 4.57. The minimum Gasteiger partial charge on any atom is -0.307 e. The van der Waals surface area contributed by atoms with Crippen molar-refractivity contribution in [2.45, 2.75) is 19.1 Å². The molecule has 0 unspecified atom stereocenters. The zero-order chi connectivity index (χ0) is 17.1. The molecule has 2 amide bonds. The van der Waals surface area contributed by atoms with Crippen LogP contribution in [0, 0.1) is 6.92 Å². The van der Waals surface area contributed by atoms with E-state index >= 15 is 0 Å². The molecule has 1 aliphatic heterocycles. The maximum Gasteiger partial charge on any atom is 0.333 e. The molecule has 1 N–H and O–H groups in total. The smallest absolute Gasteiger partial charge is 0.307 e. The van der Waals surface area contributed by atoms with Gasteiger partial charge in [-0.1, -0.05) is 36.4 Å². The highest BCUT2D eigenvalue weighted by molar-refractivity contribution is 8.15. The largest absolute Gasteiger partial charge is 0.333 e. The van der Waals surface area contributed by atoms with Crippen LogP contribution in [0.2, 0.25) is 5.02 Å². The highest BCUT2D eigenvalue weighted by atomic mass is 35.5. The van der Waals surface area contributed by atoms with Crippen molar-refractivity contribution in [3.8, 4) is 0 Å². The van der Waals surface area contributed by atoms with Gasteiger partial charge in [-0.3, -0.25) is 4.99 Å². The first-order valence-corrected chi connectivity index (χ1v) is 8.79. The molecule has 0 bridgehead atoms. The van der Waals surface area contributed by atoms with Crippen LogP contribution in [0.1, 0.15) is 12.5 Å². The Bertz CT molecular complexity index is 796. The van der Waals surface area contributed by atoms with Crippen molar-refractivity contribution in [1.82, 2.24) is 4.98 Å². The number of rotatable bonds is 2. The summed E-state index contributed by atoms with van der Waals surface area (Å²) in [5.41, 5.74) is 1.65. The summed E-state index contributed by atoms with van der Waals surface area (Å²) in [4.78, 5) is 23.2. The van der Waals surface area contributed by atoms with E-state index in [2.05, 4.69) is 22.2 Å². The van der Waals surface area contributed by atoms with E-state index < -0.39 is 0 Å². The van der Waals surface area contributed by atoms with Gasteiger partial charge in [0.25, 0.3) is 0 Å². The Balaban J connectivity index is 1.91. The number of pyridine rings is 1. The van der Waals surface area contributed by atoms with E-state index in [4.69, 9.17) is 11.6 Å². The van der Waals surface area contributed by atoms with Crippen LogP contribution in [-0.2, 0) is 0 Å². The van der Waals surface area contributed by atoms with Crippen LogP contribution in [-0.4, -0.2) is 28.0 Å². The number of halogens is 1. The lowest BCUT2D eigenvalue weighted by Crippen LogP contribution is -2.39. The number of hydrogen-bond donors (Lipinski definition) is 1. The predicted molar refractivity (Wildman–Crippen MR) is 101 cm³/mol. The average molecular weight is 361 g/mol. The minimum atomic E-state index is -0.310. The summed E-state index contributed by atoms with van der Waals surface area (Å²) >= 11 is 7.55. The highest BCUT2D eigenvalue weighted by Crippen LogP contribution is 2.27. The Morgan fingerprint density at radius 2 is 2.21 bits per heavy atom. The van der Waals surface area contributed by atoms with Gasteiger partial charge in [0.15, 0.2) is 5.17 Å². The number of aromatic nitrogens is 1. The quantitative estimate of drug-likeness (QED) is 0.853. The molecule has 5 nitrogen and oxygen atoms in total. The third kappa shape index (κ3) is 3.88. The molecule has 1 aliphatic rings. The molecule has 0 aliphatic carbocycles. The van der Waals surface area contributed by atoms with Crippen LogP contribution in [0.3, 0.4) is 0 Å². The summed E-state index contributed by atoms with van der Waals surface area (Å²) in [7, 11) is 0. The number of thioether (sulfide) groups is 1. The molecule has 0 saturated heterocycles. The topological polar surface area (TPSA) is 57.6 Å². The second-order valence-corrected chi connectivity index (χ2v) is 7.36. The fourth-order valence-electron chi connectivity index (χ4n) is 2.26. The van der Waals surface area contributed by atoms with E-state index in [1.165, 1.54) is 4.90 Å². The summed E-state index contributed by atoms with van der Waals surface area (Å²) in [5, 5.41) is 4.42. The third-order valence-corrected chi connectivity index (χ3v) is 4.70. The first-order valence-electron chi connectivity index (χ1n) is 7.53. The van der Waals surface area contributed by atoms with Gasteiger partial charge in [-0.15, -0.1) is 0 Å². The molecular formula is C17H17ClN4OS. The van der Waals surface area contributed by atoms with Crippen molar-refractivity contribution in [2.24, 2.45) is 4.99 Å². The van der Waals surface area contributed by atoms with Crippen LogP contribution >= 0.6 is 23.4 Å². The fourth-order valence-corrected chi connectivity index (χ4v) is 3.39. The maximum atomic E-state index is 12.9. The number of nitrogens with zero attached hydrogens (tertiary/aromatic N) is 3. The Morgan fingerprint density at radius 1 is 1.38 bits per heavy atom. The van der Waals surface area contributed by atoms with Crippen molar-refractivity contribution in [3.05, 3.63) is 53.2 Å². The Morgan fingerprint density at radius 3 is 2.88 bits per heavy atom. The molecule has 0 spiro atoms. The van der Waals surface area contributed by atoms with Gasteiger partial charge in [0.1, 0.15) is 5.82 Å². The maximum absolute atomic E-state index is 12.9. The Hall–Kier alpha value is -2.05. The SMILES string of the molecule is Cc1ccnc(N(C(=O)Nc2cccc(Cl)c2)C2=NC[C@@H](C)S2)c1. The summed E-state index contributed by atoms with van der Waals surface area (Å²) in [6.45, 7) is 4.73. The second-order valence-electron chi connectivity index (χ2n) is 5.52. The Labute approximate surface area is 150 Å². The molecule has 1 atom stereocenters. The van der Waals surface area contributed by atoms with E-state index in [-0.39, 0.29) is 6.03 Å². The van der Waals surface area contributed by atoms with Crippen molar-refractivity contribution in [2.75, 3.05) is 16.8 Å². The normalized spacial score (nSPS) is 16.6. The monoisotopic (exact) mass is 360 g/mol. The van der Waals surface area contributed by atoms with Gasteiger partial charge in [-0.2, -0.15) is 0 Å². The van der Waals surface area contributed by atoms with Gasteiger partial charge in [-0.05, 0) is 42.8 Å². The number of carbonyl (C=O) groups is 1. The molecule has 0 saturated carbocycles. The van der Waals surface area contributed by atoms with Crippen LogP contribution in [0.4, 0.5) is 16.3 Å².